The summed E-state index contributed by atoms with van der Waals surface area (Å²) in [5.74, 6) is -1.87. The third kappa shape index (κ3) is 3.13. The number of hydrogen-bond acceptors (Lipinski definition) is 2. The lowest BCUT2D eigenvalue weighted by molar-refractivity contribution is -0.189. The van der Waals surface area contributed by atoms with Gasteiger partial charge in [0.1, 0.15) is 0 Å². The number of piperidine rings is 1. The minimum absolute atomic E-state index is 0.00151. The van der Waals surface area contributed by atoms with Crippen LogP contribution in [0.1, 0.15) is 26.7 Å². The SMILES string of the molecule is CC(C)(C(=O)N1CCCC(C(F)(F)F)C1)C(N)=S. The molecule has 0 aromatic carbocycles. The molecule has 1 aliphatic rings. The highest BCUT2D eigenvalue weighted by atomic mass is 32.1. The Balaban J connectivity index is 2.79. The maximum atomic E-state index is 12.6. The van der Waals surface area contributed by atoms with Gasteiger partial charge in [0.15, 0.2) is 0 Å². The molecule has 1 atom stereocenters. The van der Waals surface area contributed by atoms with Crippen molar-refractivity contribution in [3.8, 4) is 0 Å². The molecule has 1 fully saturated rings. The highest BCUT2D eigenvalue weighted by Crippen LogP contribution is 2.34. The Kier molecular flexibility index (Phi) is 4.25. The minimum Gasteiger partial charge on any atom is -0.392 e. The first-order chi connectivity index (χ1) is 8.06. The van der Waals surface area contributed by atoms with Crippen LogP contribution in [0.25, 0.3) is 0 Å². The third-order valence-corrected chi connectivity index (χ3v) is 3.83. The van der Waals surface area contributed by atoms with Crippen LogP contribution in [0.5, 0.6) is 0 Å². The van der Waals surface area contributed by atoms with Crippen LogP contribution in [0.15, 0.2) is 0 Å². The molecule has 0 spiro atoms. The molecule has 0 radical (unpaired) electrons. The smallest absolute Gasteiger partial charge is 0.392 e. The third-order valence-electron chi connectivity index (χ3n) is 3.32. The fraction of sp³-hybridized carbons (Fsp3) is 0.818. The van der Waals surface area contributed by atoms with Crippen LogP contribution in [0.4, 0.5) is 13.2 Å². The average molecular weight is 282 g/mol. The van der Waals surface area contributed by atoms with Crippen LogP contribution in [0, 0.1) is 11.3 Å². The highest BCUT2D eigenvalue weighted by molar-refractivity contribution is 7.80. The van der Waals surface area contributed by atoms with Gasteiger partial charge in [0.05, 0.1) is 16.3 Å². The Bertz CT molecular complexity index is 355. The molecule has 2 N–H and O–H groups in total. The fourth-order valence-electron chi connectivity index (χ4n) is 1.93. The van der Waals surface area contributed by atoms with Crippen molar-refractivity contribution in [1.29, 1.82) is 0 Å². The number of likely N-dealkylation sites (tertiary alicyclic amines) is 1. The number of alkyl halides is 3. The second-order valence-electron chi connectivity index (χ2n) is 5.12. The Hall–Kier alpha value is -0.850. The summed E-state index contributed by atoms with van der Waals surface area (Å²) in [5.41, 5.74) is 4.37. The monoisotopic (exact) mass is 282 g/mol. The van der Waals surface area contributed by atoms with Crippen molar-refractivity contribution in [3.05, 3.63) is 0 Å². The molecule has 0 bridgehead atoms. The first kappa shape index (κ1) is 15.2. The van der Waals surface area contributed by atoms with E-state index in [0.29, 0.717) is 13.0 Å². The lowest BCUT2D eigenvalue weighted by Gasteiger charge is -2.37. The highest BCUT2D eigenvalue weighted by Gasteiger charge is 2.45. The summed E-state index contributed by atoms with van der Waals surface area (Å²) < 4.78 is 37.9. The van der Waals surface area contributed by atoms with Crippen molar-refractivity contribution >= 4 is 23.1 Å². The van der Waals surface area contributed by atoms with Gasteiger partial charge < -0.3 is 10.6 Å². The molecule has 7 heteroatoms. The van der Waals surface area contributed by atoms with Crippen molar-refractivity contribution in [2.75, 3.05) is 13.1 Å². The van der Waals surface area contributed by atoms with Crippen LogP contribution in [0.3, 0.4) is 0 Å². The molecular formula is C11H17F3N2OS. The first-order valence-corrected chi connectivity index (χ1v) is 6.13. The largest absolute Gasteiger partial charge is 0.393 e. The number of hydrogen-bond donors (Lipinski definition) is 1. The molecule has 0 saturated carbocycles. The number of halogens is 3. The normalized spacial score (nSPS) is 21.8. The van der Waals surface area contributed by atoms with Crippen molar-refractivity contribution in [3.63, 3.8) is 0 Å². The number of nitrogens with two attached hydrogens (primary N) is 1. The van der Waals surface area contributed by atoms with Crippen molar-refractivity contribution < 1.29 is 18.0 Å². The maximum Gasteiger partial charge on any atom is 0.393 e. The van der Waals surface area contributed by atoms with Gasteiger partial charge in [-0.05, 0) is 26.7 Å². The van der Waals surface area contributed by atoms with Crippen molar-refractivity contribution in [2.45, 2.75) is 32.9 Å². The standard InChI is InChI=1S/C11H17F3N2OS/c1-10(2,8(15)18)9(17)16-5-3-4-7(6-16)11(12,13)14/h7H,3-6H2,1-2H3,(H2,15,18). The van der Waals surface area contributed by atoms with E-state index in [1.165, 1.54) is 18.7 Å². The molecule has 104 valence electrons. The number of carbonyl (C=O) groups excluding carboxylic acids is 1. The average Bonchev–Trinajstić information content (AvgIpc) is 2.26. The minimum atomic E-state index is -4.26. The Morgan fingerprint density at radius 1 is 1.39 bits per heavy atom. The van der Waals surface area contributed by atoms with E-state index in [9.17, 15) is 18.0 Å². The predicted octanol–water partition coefficient (Wildman–Crippen LogP) is 2.10. The molecule has 3 nitrogen and oxygen atoms in total. The predicted molar refractivity (Wildman–Crippen MR) is 65.9 cm³/mol. The van der Waals surface area contributed by atoms with Crippen molar-refractivity contribution in [1.82, 2.24) is 4.90 Å². The van der Waals surface area contributed by atoms with E-state index in [-0.39, 0.29) is 18.0 Å². The van der Waals surface area contributed by atoms with Gasteiger partial charge in [0.25, 0.3) is 0 Å². The number of thiocarbonyl (C=S) groups is 1. The lowest BCUT2D eigenvalue weighted by Crippen LogP contribution is -2.52. The molecule has 0 aromatic rings. The van der Waals surface area contributed by atoms with Gasteiger partial charge in [-0.25, -0.2) is 0 Å². The van der Waals surface area contributed by atoms with E-state index in [4.69, 9.17) is 18.0 Å². The first-order valence-electron chi connectivity index (χ1n) is 5.73. The van der Waals surface area contributed by atoms with Gasteiger partial charge in [-0.3, -0.25) is 4.79 Å². The van der Waals surface area contributed by atoms with Crippen LogP contribution < -0.4 is 5.73 Å². The zero-order valence-corrected chi connectivity index (χ0v) is 11.2. The molecule has 0 aromatic heterocycles. The summed E-state index contributed by atoms with van der Waals surface area (Å²) in [5, 5.41) is 0. The topological polar surface area (TPSA) is 46.3 Å². The van der Waals surface area contributed by atoms with Crippen LogP contribution in [0.2, 0.25) is 0 Å². The maximum absolute atomic E-state index is 12.6. The molecule has 1 unspecified atom stereocenters. The summed E-state index contributed by atoms with van der Waals surface area (Å²) in [6.45, 7) is 3.11. The van der Waals surface area contributed by atoms with E-state index in [1.807, 2.05) is 0 Å². The summed E-state index contributed by atoms with van der Waals surface area (Å²) in [4.78, 5) is 13.3. The summed E-state index contributed by atoms with van der Waals surface area (Å²) in [7, 11) is 0. The van der Waals surface area contributed by atoms with Gasteiger partial charge in [-0.1, -0.05) is 12.2 Å². The molecule has 1 heterocycles. The zero-order valence-electron chi connectivity index (χ0n) is 10.4. The molecular weight excluding hydrogens is 265 g/mol. The molecule has 18 heavy (non-hydrogen) atoms. The molecule has 1 aliphatic heterocycles. The van der Waals surface area contributed by atoms with E-state index in [2.05, 4.69) is 0 Å². The number of rotatable bonds is 2. The molecule has 1 saturated heterocycles. The summed E-state index contributed by atoms with van der Waals surface area (Å²) in [6, 6.07) is 0. The summed E-state index contributed by atoms with van der Waals surface area (Å²) >= 11 is 4.79. The Morgan fingerprint density at radius 2 is 1.94 bits per heavy atom. The van der Waals surface area contributed by atoms with Crippen LogP contribution in [-0.4, -0.2) is 35.1 Å². The number of carbonyl (C=O) groups is 1. The van der Waals surface area contributed by atoms with E-state index < -0.39 is 23.4 Å². The lowest BCUT2D eigenvalue weighted by atomic mass is 9.89. The van der Waals surface area contributed by atoms with Gasteiger partial charge >= 0.3 is 6.18 Å². The quantitative estimate of drug-likeness (QED) is 0.789. The summed E-state index contributed by atoms with van der Waals surface area (Å²) in [6.07, 6.45) is -3.84. The van der Waals surface area contributed by atoms with Gasteiger partial charge in [0.2, 0.25) is 5.91 Å². The van der Waals surface area contributed by atoms with E-state index in [1.54, 1.807) is 0 Å². The van der Waals surface area contributed by atoms with E-state index in [0.717, 1.165) is 0 Å². The molecule has 1 amide bonds. The van der Waals surface area contributed by atoms with Gasteiger partial charge in [0, 0.05) is 13.1 Å². The second-order valence-corrected chi connectivity index (χ2v) is 5.56. The van der Waals surface area contributed by atoms with Crippen LogP contribution >= 0.6 is 12.2 Å². The Morgan fingerprint density at radius 3 is 2.39 bits per heavy atom. The molecule has 1 rings (SSSR count). The van der Waals surface area contributed by atoms with Crippen molar-refractivity contribution in [2.24, 2.45) is 17.1 Å². The Labute approximate surface area is 109 Å². The van der Waals surface area contributed by atoms with E-state index >= 15 is 0 Å². The van der Waals surface area contributed by atoms with Gasteiger partial charge in [-0.2, -0.15) is 13.2 Å². The fourth-order valence-corrected chi connectivity index (χ4v) is 2.02. The van der Waals surface area contributed by atoms with Gasteiger partial charge in [-0.15, -0.1) is 0 Å². The number of nitrogens with zero attached hydrogens (tertiary/aromatic N) is 1. The molecule has 0 aliphatic carbocycles. The zero-order chi connectivity index (χ0) is 14.1. The number of amides is 1. The second kappa shape index (κ2) is 5.03. The van der Waals surface area contributed by atoms with Crippen LogP contribution in [-0.2, 0) is 4.79 Å².